The zero-order valence-electron chi connectivity index (χ0n) is 15.5. The van der Waals surface area contributed by atoms with Crippen molar-refractivity contribution in [3.8, 4) is 0 Å². The normalized spacial score (nSPS) is 31.2. The van der Waals surface area contributed by atoms with Gasteiger partial charge in [-0.05, 0) is 6.92 Å². The number of aliphatic hydroxyl groups excluding tert-OH is 1. The van der Waals surface area contributed by atoms with Crippen LogP contribution in [0.15, 0.2) is 0 Å². The van der Waals surface area contributed by atoms with Crippen LogP contribution in [0.1, 0.15) is 6.92 Å². The Morgan fingerprint density at radius 3 is 2.32 bits per heavy atom. The van der Waals surface area contributed by atoms with Crippen LogP contribution < -0.4 is 0 Å². The lowest BCUT2D eigenvalue weighted by Gasteiger charge is -2.28. The summed E-state index contributed by atoms with van der Waals surface area (Å²) >= 11 is 0. The Hall–Kier alpha value is 0.0899. The molecule has 5 unspecified atom stereocenters. The van der Waals surface area contributed by atoms with E-state index in [-0.39, 0.29) is 0 Å². The minimum atomic E-state index is -5.08. The van der Waals surface area contributed by atoms with Crippen molar-refractivity contribution in [2.45, 2.75) is 49.5 Å². The summed E-state index contributed by atoms with van der Waals surface area (Å²) in [5.74, 6) is 0. The Balaban J connectivity index is 2.81. The summed E-state index contributed by atoms with van der Waals surface area (Å²) in [5.41, 5.74) is 0. The van der Waals surface area contributed by atoms with Crippen LogP contribution in [0.4, 0.5) is 8.78 Å². The largest absolute Gasteiger partial charge is 0.472 e. The summed E-state index contributed by atoms with van der Waals surface area (Å²) in [7, 11) is -7.16. The van der Waals surface area contributed by atoms with Gasteiger partial charge in [0.05, 0.1) is 19.2 Å². The molecule has 1 heterocycles. The first-order chi connectivity index (χ1) is 12.8. The molecule has 0 spiro atoms. The van der Waals surface area contributed by atoms with Crippen molar-refractivity contribution >= 4 is 31.3 Å². The van der Waals surface area contributed by atoms with E-state index in [9.17, 15) is 22.8 Å². The Morgan fingerprint density at radius 2 is 1.86 bits per heavy atom. The molecule has 0 radical (unpaired) electrons. The molecule has 11 nitrogen and oxygen atoms in total. The second-order valence-electron chi connectivity index (χ2n) is 6.35. The number of aliphatic hydroxyl groups is 1. The van der Waals surface area contributed by atoms with E-state index in [1.165, 1.54) is 22.6 Å². The molecule has 1 saturated heterocycles. The van der Waals surface area contributed by atoms with Gasteiger partial charge in [-0.3, -0.25) is 13.6 Å². The summed E-state index contributed by atoms with van der Waals surface area (Å²) < 4.78 is 74.3. The molecule has 17 heteroatoms. The highest BCUT2D eigenvalue weighted by molar-refractivity contribution is 7.47. The lowest BCUT2D eigenvalue weighted by atomic mass is 9.94. The fourth-order valence-electron chi connectivity index (χ4n) is 2.48. The zero-order valence-corrected chi connectivity index (χ0v) is 17.2. The van der Waals surface area contributed by atoms with Gasteiger partial charge in [0.25, 0.3) is 0 Å². The first-order valence-corrected chi connectivity index (χ1v) is 11.3. The average molecular weight is 454 g/mol. The molecule has 1 aliphatic heterocycles. The van der Waals surface area contributed by atoms with Crippen molar-refractivity contribution in [1.29, 1.82) is 0 Å². The second kappa shape index (κ2) is 10.9. The quantitative estimate of drug-likeness (QED) is 0.191. The van der Waals surface area contributed by atoms with Crippen molar-refractivity contribution < 1.29 is 60.7 Å². The first kappa shape index (κ1) is 26.1. The lowest BCUT2D eigenvalue weighted by Crippen LogP contribution is -2.39. The third kappa shape index (κ3) is 8.45. The minimum Gasteiger partial charge on any atom is -0.394 e. The highest BCUT2D eigenvalue weighted by Gasteiger charge is 2.47. The molecule has 0 bridgehead atoms. The monoisotopic (exact) mass is 454 g/mol. The van der Waals surface area contributed by atoms with Crippen LogP contribution in [0.5, 0.6) is 0 Å². The third-order valence-corrected chi connectivity index (χ3v) is 5.17. The van der Waals surface area contributed by atoms with Gasteiger partial charge in [-0.2, -0.15) is 0 Å². The number of alkyl halides is 2. The summed E-state index contributed by atoms with van der Waals surface area (Å²) in [6, 6.07) is -1.58. The second-order valence-corrected chi connectivity index (χ2v) is 8.95. The van der Waals surface area contributed by atoms with Crippen LogP contribution in [0, 0.1) is 0 Å². The lowest BCUT2D eigenvalue weighted by molar-refractivity contribution is -0.0772. The molecule has 28 heavy (non-hydrogen) atoms. The molecule has 1 aliphatic rings. The third-order valence-electron chi connectivity index (χ3n) is 3.64. The average Bonchev–Trinajstić information content (AvgIpc) is 2.82. The maximum absolute atomic E-state index is 14.1. The summed E-state index contributed by atoms with van der Waals surface area (Å²) in [5, 5.41) is 9.16. The van der Waals surface area contributed by atoms with Crippen molar-refractivity contribution in [3.63, 3.8) is 0 Å². The van der Waals surface area contributed by atoms with E-state index in [1.807, 2.05) is 0 Å². The number of hydrogen-bond acceptors (Lipinski definition) is 8. The van der Waals surface area contributed by atoms with E-state index < -0.39 is 78.1 Å². The molecule has 0 aromatic heterocycles. The number of rotatable bonds is 12. The molecule has 0 aromatic carbocycles. The highest BCUT2D eigenvalue weighted by Crippen LogP contribution is 2.48. The number of phosphoric ester groups is 2. The molecule has 0 saturated carbocycles. The van der Waals surface area contributed by atoms with Crippen LogP contribution in [-0.2, 0) is 32.2 Å². The molecule has 1 rings (SSSR count). The van der Waals surface area contributed by atoms with Gasteiger partial charge in [0.15, 0.2) is 0 Å². The van der Waals surface area contributed by atoms with E-state index in [2.05, 4.69) is 9.05 Å². The Kier molecular flexibility index (Phi) is 10.2. The topological polar surface area (TPSA) is 161 Å². The SMILES string of the molecule is B[C@@H]1OC(CO)[C@H](OP(=O)(O)OCC(O[C@@H](B)C)C(CF)OP(=O)(O)O)C1F. The molecular formula is C11H24B2F2O11P2. The van der Waals surface area contributed by atoms with Crippen molar-refractivity contribution in [3.05, 3.63) is 0 Å². The van der Waals surface area contributed by atoms with Crippen LogP contribution in [0.25, 0.3) is 0 Å². The van der Waals surface area contributed by atoms with Gasteiger partial charge < -0.3 is 29.3 Å². The molecule has 1 fully saturated rings. The van der Waals surface area contributed by atoms with Gasteiger partial charge in [0.1, 0.15) is 53.0 Å². The molecule has 164 valence electrons. The standard InChI is InChI=1S/C11H24B2F2O11P2/c1-5(12)23-8(6(2-14)25-27(17,18)19)4-22-28(20,21)26-10-7(3-16)24-11(13)9(10)15/h5-11,16H,2-4,12-13H2,1H3,(H,20,21)(H2,17,18,19)/t5-,6?,7?,8?,9?,10+,11-/m1/s1. The van der Waals surface area contributed by atoms with Gasteiger partial charge in [-0.1, -0.05) is 0 Å². The van der Waals surface area contributed by atoms with Gasteiger partial charge in [-0.15, -0.1) is 0 Å². The maximum atomic E-state index is 14.1. The fourth-order valence-corrected chi connectivity index (χ4v) is 3.98. The first-order valence-electron chi connectivity index (χ1n) is 8.31. The molecule has 0 aliphatic carbocycles. The molecule has 0 aromatic rings. The Labute approximate surface area is 162 Å². The van der Waals surface area contributed by atoms with Gasteiger partial charge in [-0.25, -0.2) is 17.9 Å². The highest BCUT2D eigenvalue weighted by atomic mass is 31.2. The smallest absolute Gasteiger partial charge is 0.394 e. The number of ether oxygens (including phenoxy) is 2. The van der Waals surface area contributed by atoms with E-state index in [4.69, 9.17) is 28.9 Å². The van der Waals surface area contributed by atoms with Crippen LogP contribution >= 0.6 is 15.6 Å². The summed E-state index contributed by atoms with van der Waals surface area (Å²) in [4.78, 5) is 27.5. The zero-order chi connectivity index (χ0) is 21.7. The van der Waals surface area contributed by atoms with Crippen LogP contribution in [0.3, 0.4) is 0 Å². The molecular weight excluding hydrogens is 430 g/mol. The van der Waals surface area contributed by atoms with Gasteiger partial charge >= 0.3 is 15.6 Å². The predicted octanol–water partition coefficient (Wildman–Crippen LogP) is -2.01. The van der Waals surface area contributed by atoms with E-state index in [1.54, 1.807) is 0 Å². The van der Waals surface area contributed by atoms with Crippen LogP contribution in [-0.4, -0.2) is 98.0 Å². The number of hydrogen-bond donors (Lipinski definition) is 4. The summed E-state index contributed by atoms with van der Waals surface area (Å²) in [6.45, 7) is -1.40. The molecule has 8 atom stereocenters. The summed E-state index contributed by atoms with van der Waals surface area (Å²) in [6.07, 6.45) is -7.91. The van der Waals surface area contributed by atoms with Crippen LogP contribution in [0.2, 0.25) is 0 Å². The minimum absolute atomic E-state index is 0.583. The number of halogens is 2. The fraction of sp³-hybridized carbons (Fsp3) is 1.00. The van der Waals surface area contributed by atoms with E-state index >= 15 is 0 Å². The van der Waals surface area contributed by atoms with Gasteiger partial charge in [0, 0.05) is 6.00 Å². The van der Waals surface area contributed by atoms with Gasteiger partial charge in [0.2, 0.25) is 0 Å². The Morgan fingerprint density at radius 1 is 1.25 bits per heavy atom. The molecule has 4 N–H and O–H groups in total. The Bertz CT molecular complexity index is 583. The maximum Gasteiger partial charge on any atom is 0.472 e. The van der Waals surface area contributed by atoms with Crippen molar-refractivity contribution in [2.75, 3.05) is 19.9 Å². The van der Waals surface area contributed by atoms with E-state index in [0.717, 1.165) is 0 Å². The van der Waals surface area contributed by atoms with E-state index in [0.29, 0.717) is 0 Å². The van der Waals surface area contributed by atoms with Crippen molar-refractivity contribution in [1.82, 2.24) is 0 Å². The predicted molar refractivity (Wildman–Crippen MR) is 95.6 cm³/mol. The molecule has 0 amide bonds. The number of phosphoric acid groups is 2. The van der Waals surface area contributed by atoms with Crippen molar-refractivity contribution in [2.24, 2.45) is 0 Å².